The number of rotatable bonds is 4. The van der Waals surface area contributed by atoms with Crippen LogP contribution in [-0.4, -0.2) is 18.6 Å². The molecule has 0 radical (unpaired) electrons. The lowest BCUT2D eigenvalue weighted by atomic mass is 9.96. The molecule has 1 fully saturated rings. The lowest BCUT2D eigenvalue weighted by Crippen LogP contribution is -2.49. The maximum absolute atomic E-state index is 5.80. The normalized spacial score (nSPS) is 33.2. The summed E-state index contributed by atoms with van der Waals surface area (Å²) in [6, 6.07) is 0. The lowest BCUT2D eigenvalue weighted by Gasteiger charge is -2.29. The van der Waals surface area contributed by atoms with E-state index in [4.69, 9.17) is 12.2 Å². The summed E-state index contributed by atoms with van der Waals surface area (Å²) in [6.45, 7) is 3.93. The first-order valence-electron chi connectivity index (χ1n) is 5.11. The van der Waals surface area contributed by atoms with Crippen LogP contribution in [0.15, 0.2) is 0 Å². The fourth-order valence-electron chi connectivity index (χ4n) is 2.21. The summed E-state index contributed by atoms with van der Waals surface area (Å²) >= 11 is 0. The standard InChI is InChI=1S/C11H20N2/c1-3-4-7-13-11(9-12)6-5-10(2)8-11/h1,10,13H,4-9,12H2,2H3. The van der Waals surface area contributed by atoms with Crippen molar-refractivity contribution in [1.29, 1.82) is 0 Å². The Bertz CT molecular complexity index is 195. The van der Waals surface area contributed by atoms with Crippen molar-refractivity contribution in [1.82, 2.24) is 5.32 Å². The molecular weight excluding hydrogens is 160 g/mol. The highest BCUT2D eigenvalue weighted by Crippen LogP contribution is 2.33. The molecule has 1 aliphatic carbocycles. The van der Waals surface area contributed by atoms with Crippen molar-refractivity contribution in [2.45, 2.75) is 38.1 Å². The summed E-state index contributed by atoms with van der Waals surface area (Å²) < 4.78 is 0. The molecule has 2 atom stereocenters. The van der Waals surface area contributed by atoms with Crippen LogP contribution in [0.5, 0.6) is 0 Å². The summed E-state index contributed by atoms with van der Waals surface area (Å²) in [4.78, 5) is 0. The van der Waals surface area contributed by atoms with E-state index in [0.29, 0.717) is 0 Å². The second-order valence-electron chi connectivity index (χ2n) is 4.21. The monoisotopic (exact) mass is 180 g/mol. The van der Waals surface area contributed by atoms with Crippen LogP contribution in [0.3, 0.4) is 0 Å². The predicted octanol–water partition coefficient (Wildman–Crippen LogP) is 1.12. The van der Waals surface area contributed by atoms with E-state index in [2.05, 4.69) is 18.2 Å². The molecule has 0 spiro atoms. The third kappa shape index (κ3) is 2.72. The molecule has 2 unspecified atom stereocenters. The van der Waals surface area contributed by atoms with Gasteiger partial charge in [-0.15, -0.1) is 12.3 Å². The minimum absolute atomic E-state index is 0.191. The molecule has 74 valence electrons. The van der Waals surface area contributed by atoms with Crippen LogP contribution in [-0.2, 0) is 0 Å². The molecule has 2 nitrogen and oxygen atoms in total. The van der Waals surface area contributed by atoms with Gasteiger partial charge in [-0.3, -0.25) is 0 Å². The zero-order chi connectivity index (χ0) is 9.73. The molecule has 0 saturated heterocycles. The Kier molecular flexibility index (Phi) is 3.77. The molecule has 0 heterocycles. The van der Waals surface area contributed by atoms with Crippen molar-refractivity contribution < 1.29 is 0 Å². The Labute approximate surface area is 81.3 Å². The Morgan fingerprint density at radius 3 is 2.92 bits per heavy atom. The van der Waals surface area contributed by atoms with E-state index >= 15 is 0 Å². The van der Waals surface area contributed by atoms with Crippen LogP contribution in [0.4, 0.5) is 0 Å². The highest BCUT2D eigenvalue weighted by Gasteiger charge is 2.35. The van der Waals surface area contributed by atoms with Crippen molar-refractivity contribution >= 4 is 0 Å². The van der Waals surface area contributed by atoms with Crippen molar-refractivity contribution in [3.63, 3.8) is 0 Å². The molecule has 1 rings (SSSR count). The Morgan fingerprint density at radius 2 is 2.46 bits per heavy atom. The number of terminal acetylenes is 1. The second kappa shape index (κ2) is 4.64. The largest absolute Gasteiger partial charge is 0.329 e. The Morgan fingerprint density at radius 1 is 1.69 bits per heavy atom. The average molecular weight is 180 g/mol. The van der Waals surface area contributed by atoms with E-state index in [-0.39, 0.29) is 5.54 Å². The van der Waals surface area contributed by atoms with Gasteiger partial charge >= 0.3 is 0 Å². The quantitative estimate of drug-likeness (QED) is 0.502. The molecule has 0 aliphatic heterocycles. The summed E-state index contributed by atoms with van der Waals surface area (Å²) in [5.74, 6) is 3.45. The lowest BCUT2D eigenvalue weighted by molar-refractivity contribution is 0.335. The fourth-order valence-corrected chi connectivity index (χ4v) is 2.21. The van der Waals surface area contributed by atoms with Crippen LogP contribution in [0.2, 0.25) is 0 Å². The molecule has 1 aliphatic rings. The first kappa shape index (κ1) is 10.6. The van der Waals surface area contributed by atoms with Gasteiger partial charge in [0.25, 0.3) is 0 Å². The SMILES string of the molecule is C#CCCNC1(CN)CCC(C)C1. The third-order valence-corrected chi connectivity index (χ3v) is 3.01. The van der Waals surface area contributed by atoms with Gasteiger partial charge in [0.2, 0.25) is 0 Å². The number of hydrogen-bond acceptors (Lipinski definition) is 2. The molecule has 0 aromatic carbocycles. The molecule has 0 amide bonds. The molecular formula is C11H20N2. The second-order valence-corrected chi connectivity index (χ2v) is 4.21. The van der Waals surface area contributed by atoms with E-state index in [9.17, 15) is 0 Å². The van der Waals surface area contributed by atoms with Crippen LogP contribution in [0, 0.1) is 18.3 Å². The van der Waals surface area contributed by atoms with Gasteiger partial charge < -0.3 is 11.1 Å². The summed E-state index contributed by atoms with van der Waals surface area (Å²) in [5, 5.41) is 3.51. The van der Waals surface area contributed by atoms with E-state index in [1.807, 2.05) is 0 Å². The molecule has 0 bridgehead atoms. The third-order valence-electron chi connectivity index (χ3n) is 3.01. The van der Waals surface area contributed by atoms with Gasteiger partial charge in [0, 0.05) is 25.0 Å². The van der Waals surface area contributed by atoms with Gasteiger partial charge in [0.05, 0.1) is 0 Å². The van der Waals surface area contributed by atoms with E-state index in [1.54, 1.807) is 0 Å². The summed E-state index contributed by atoms with van der Waals surface area (Å²) in [5.41, 5.74) is 5.99. The highest BCUT2D eigenvalue weighted by molar-refractivity contribution is 4.97. The topological polar surface area (TPSA) is 38.0 Å². The number of nitrogens with two attached hydrogens (primary N) is 1. The molecule has 2 heteroatoms. The van der Waals surface area contributed by atoms with E-state index in [0.717, 1.165) is 25.4 Å². The Balaban J connectivity index is 2.38. The highest BCUT2D eigenvalue weighted by atomic mass is 15.0. The van der Waals surface area contributed by atoms with Crippen molar-refractivity contribution in [2.24, 2.45) is 11.7 Å². The molecule has 3 N–H and O–H groups in total. The number of nitrogens with one attached hydrogen (secondary N) is 1. The van der Waals surface area contributed by atoms with Crippen molar-refractivity contribution in [3.8, 4) is 12.3 Å². The average Bonchev–Trinajstić information content (AvgIpc) is 2.49. The van der Waals surface area contributed by atoms with Gasteiger partial charge in [-0.2, -0.15) is 0 Å². The van der Waals surface area contributed by atoms with E-state index < -0.39 is 0 Å². The van der Waals surface area contributed by atoms with Gasteiger partial charge in [-0.1, -0.05) is 6.92 Å². The zero-order valence-electron chi connectivity index (χ0n) is 8.47. The predicted molar refractivity (Wildman–Crippen MR) is 56.3 cm³/mol. The smallest absolute Gasteiger partial charge is 0.0307 e. The van der Waals surface area contributed by atoms with E-state index in [1.165, 1.54) is 19.3 Å². The molecule has 13 heavy (non-hydrogen) atoms. The first-order chi connectivity index (χ1) is 6.22. The molecule has 0 aromatic heterocycles. The maximum Gasteiger partial charge on any atom is 0.0307 e. The van der Waals surface area contributed by atoms with Crippen LogP contribution < -0.4 is 11.1 Å². The summed E-state index contributed by atoms with van der Waals surface area (Å²) in [6.07, 6.45) is 9.70. The molecule has 0 aromatic rings. The maximum atomic E-state index is 5.80. The van der Waals surface area contributed by atoms with Gasteiger partial charge in [-0.05, 0) is 25.2 Å². The summed E-state index contributed by atoms with van der Waals surface area (Å²) in [7, 11) is 0. The van der Waals surface area contributed by atoms with Crippen molar-refractivity contribution in [2.75, 3.05) is 13.1 Å². The van der Waals surface area contributed by atoms with Gasteiger partial charge in [-0.25, -0.2) is 0 Å². The minimum Gasteiger partial charge on any atom is -0.329 e. The number of hydrogen-bond donors (Lipinski definition) is 2. The fraction of sp³-hybridized carbons (Fsp3) is 0.818. The first-order valence-corrected chi connectivity index (χ1v) is 5.11. The minimum atomic E-state index is 0.191. The van der Waals surface area contributed by atoms with Crippen LogP contribution in [0.25, 0.3) is 0 Å². The zero-order valence-corrected chi connectivity index (χ0v) is 8.47. The van der Waals surface area contributed by atoms with Gasteiger partial charge in [0.1, 0.15) is 0 Å². The van der Waals surface area contributed by atoms with Crippen molar-refractivity contribution in [3.05, 3.63) is 0 Å². The molecule has 1 saturated carbocycles. The van der Waals surface area contributed by atoms with Crippen LogP contribution in [0.1, 0.15) is 32.6 Å². The van der Waals surface area contributed by atoms with Crippen LogP contribution >= 0.6 is 0 Å². The Hall–Kier alpha value is -0.520. The van der Waals surface area contributed by atoms with Gasteiger partial charge in [0.15, 0.2) is 0 Å².